The smallest absolute Gasteiger partial charge is 0.272 e. The van der Waals surface area contributed by atoms with E-state index in [1.807, 2.05) is 4.90 Å². The highest BCUT2D eigenvalue weighted by Gasteiger charge is 2.24. The van der Waals surface area contributed by atoms with E-state index in [0.717, 1.165) is 12.5 Å². The number of nitro benzene ring substituents is 1. The number of carbonyl (C=O) groups excluding carboxylic acids is 1. The summed E-state index contributed by atoms with van der Waals surface area (Å²) in [6.07, 6.45) is 0.818. The fraction of sp³-hybridized carbons (Fsp3) is 0.316. The molecule has 1 saturated heterocycles. The predicted octanol–water partition coefficient (Wildman–Crippen LogP) is 3.44. The van der Waals surface area contributed by atoms with Crippen molar-refractivity contribution in [1.29, 1.82) is 0 Å². The van der Waals surface area contributed by atoms with Gasteiger partial charge >= 0.3 is 0 Å². The third kappa shape index (κ3) is 4.21. The lowest BCUT2D eigenvalue weighted by atomic mass is 10.1. The van der Waals surface area contributed by atoms with Crippen LogP contribution in [-0.2, 0) is 0 Å². The topological polar surface area (TPSA) is 75.5 Å². The molecule has 0 aromatic heterocycles. The van der Waals surface area contributed by atoms with Crippen molar-refractivity contribution in [2.45, 2.75) is 13.3 Å². The molecular formula is C19H19F2N3O3. The zero-order valence-corrected chi connectivity index (χ0v) is 14.7. The SMILES string of the molecule is Cc1cc(C(=O)NCC2CCN(c3ccc(F)c(F)c3)C2)ccc1[N+](=O)[O-]. The number of aryl methyl sites for hydroxylation is 1. The van der Waals surface area contributed by atoms with Gasteiger partial charge in [0, 0.05) is 48.6 Å². The highest BCUT2D eigenvalue weighted by Crippen LogP contribution is 2.25. The minimum atomic E-state index is -0.877. The Bertz CT molecular complexity index is 888. The number of anilines is 1. The summed E-state index contributed by atoms with van der Waals surface area (Å²) in [6.45, 7) is 3.35. The van der Waals surface area contributed by atoms with Crippen molar-refractivity contribution < 1.29 is 18.5 Å². The maximum atomic E-state index is 13.4. The molecule has 1 aliphatic heterocycles. The molecule has 1 aliphatic rings. The summed E-state index contributed by atoms with van der Waals surface area (Å²) in [7, 11) is 0. The Morgan fingerprint density at radius 2 is 2.04 bits per heavy atom. The van der Waals surface area contributed by atoms with Gasteiger partial charge in [-0.15, -0.1) is 0 Å². The summed E-state index contributed by atoms with van der Waals surface area (Å²) in [6, 6.07) is 8.08. The largest absolute Gasteiger partial charge is 0.371 e. The Labute approximate surface area is 154 Å². The van der Waals surface area contributed by atoms with Gasteiger partial charge in [0.05, 0.1) is 4.92 Å². The number of nitrogens with zero attached hydrogens (tertiary/aromatic N) is 2. The van der Waals surface area contributed by atoms with Crippen LogP contribution in [0.25, 0.3) is 0 Å². The maximum absolute atomic E-state index is 13.4. The third-order valence-electron chi connectivity index (χ3n) is 4.76. The molecule has 1 atom stereocenters. The third-order valence-corrected chi connectivity index (χ3v) is 4.76. The molecule has 1 fully saturated rings. The van der Waals surface area contributed by atoms with E-state index < -0.39 is 16.6 Å². The highest BCUT2D eigenvalue weighted by molar-refractivity contribution is 5.94. The van der Waals surface area contributed by atoms with E-state index in [2.05, 4.69) is 5.32 Å². The van der Waals surface area contributed by atoms with Gasteiger partial charge < -0.3 is 10.2 Å². The van der Waals surface area contributed by atoms with Crippen molar-refractivity contribution in [1.82, 2.24) is 5.32 Å². The molecule has 0 radical (unpaired) electrons. The number of hydrogen-bond acceptors (Lipinski definition) is 4. The molecule has 142 valence electrons. The van der Waals surface area contributed by atoms with Gasteiger partial charge in [0.25, 0.3) is 11.6 Å². The van der Waals surface area contributed by atoms with E-state index in [4.69, 9.17) is 0 Å². The Kier molecular flexibility index (Phi) is 5.34. The van der Waals surface area contributed by atoms with Gasteiger partial charge in [0.1, 0.15) is 0 Å². The fourth-order valence-electron chi connectivity index (χ4n) is 3.26. The molecule has 2 aromatic rings. The molecule has 2 aromatic carbocycles. The molecule has 1 amide bonds. The van der Waals surface area contributed by atoms with Gasteiger partial charge in [-0.3, -0.25) is 14.9 Å². The highest BCUT2D eigenvalue weighted by atomic mass is 19.2. The lowest BCUT2D eigenvalue weighted by Gasteiger charge is -2.19. The van der Waals surface area contributed by atoms with Crippen LogP contribution in [0.15, 0.2) is 36.4 Å². The van der Waals surface area contributed by atoms with Gasteiger partial charge in [-0.05, 0) is 43.5 Å². The minimum absolute atomic E-state index is 0.0236. The quantitative estimate of drug-likeness (QED) is 0.642. The molecule has 1 unspecified atom stereocenters. The molecule has 0 aliphatic carbocycles. The number of amides is 1. The van der Waals surface area contributed by atoms with Crippen molar-refractivity contribution in [2.75, 3.05) is 24.5 Å². The molecule has 1 heterocycles. The first-order valence-corrected chi connectivity index (χ1v) is 8.58. The Morgan fingerprint density at radius 3 is 2.70 bits per heavy atom. The number of benzene rings is 2. The number of hydrogen-bond donors (Lipinski definition) is 1. The van der Waals surface area contributed by atoms with Gasteiger partial charge in [-0.25, -0.2) is 8.78 Å². The van der Waals surface area contributed by atoms with E-state index in [9.17, 15) is 23.7 Å². The summed E-state index contributed by atoms with van der Waals surface area (Å²) in [4.78, 5) is 24.6. The molecule has 0 bridgehead atoms. The lowest BCUT2D eigenvalue weighted by molar-refractivity contribution is -0.385. The first kappa shape index (κ1) is 18.8. The average Bonchev–Trinajstić information content (AvgIpc) is 3.10. The number of halogens is 2. The zero-order chi connectivity index (χ0) is 19.6. The molecule has 1 N–H and O–H groups in total. The van der Waals surface area contributed by atoms with Crippen molar-refractivity contribution in [3.8, 4) is 0 Å². The van der Waals surface area contributed by atoms with Crippen LogP contribution in [0.3, 0.4) is 0 Å². The Hall–Kier alpha value is -3.03. The lowest BCUT2D eigenvalue weighted by Crippen LogP contribution is -2.31. The van der Waals surface area contributed by atoms with E-state index >= 15 is 0 Å². The minimum Gasteiger partial charge on any atom is -0.371 e. The van der Waals surface area contributed by atoms with E-state index in [0.29, 0.717) is 36.4 Å². The molecule has 0 saturated carbocycles. The maximum Gasteiger partial charge on any atom is 0.272 e. The van der Waals surface area contributed by atoms with Crippen LogP contribution >= 0.6 is 0 Å². The van der Waals surface area contributed by atoms with Crippen molar-refractivity contribution in [3.63, 3.8) is 0 Å². The second kappa shape index (κ2) is 7.69. The van der Waals surface area contributed by atoms with Crippen LogP contribution in [0.1, 0.15) is 22.3 Å². The van der Waals surface area contributed by atoms with Crippen LogP contribution < -0.4 is 10.2 Å². The van der Waals surface area contributed by atoms with Crippen LogP contribution in [0.5, 0.6) is 0 Å². The van der Waals surface area contributed by atoms with Crippen LogP contribution in [0.4, 0.5) is 20.2 Å². The normalized spacial score (nSPS) is 16.4. The molecule has 6 nitrogen and oxygen atoms in total. The van der Waals surface area contributed by atoms with Gasteiger partial charge in [-0.1, -0.05) is 0 Å². The summed E-state index contributed by atoms with van der Waals surface area (Å²) in [5.41, 5.74) is 1.39. The Morgan fingerprint density at radius 1 is 1.26 bits per heavy atom. The monoisotopic (exact) mass is 375 g/mol. The Balaban J connectivity index is 1.56. The first-order chi connectivity index (χ1) is 12.8. The van der Waals surface area contributed by atoms with Crippen LogP contribution in [-0.4, -0.2) is 30.5 Å². The summed E-state index contributed by atoms with van der Waals surface area (Å²) in [5, 5.41) is 13.7. The number of nitro groups is 1. The number of rotatable bonds is 5. The van der Waals surface area contributed by atoms with Crippen molar-refractivity contribution >= 4 is 17.3 Å². The second-order valence-corrected chi connectivity index (χ2v) is 6.67. The number of carbonyl (C=O) groups is 1. The summed E-state index contributed by atoms with van der Waals surface area (Å²) in [5.74, 6) is -1.86. The summed E-state index contributed by atoms with van der Waals surface area (Å²) >= 11 is 0. The zero-order valence-electron chi connectivity index (χ0n) is 14.7. The summed E-state index contributed by atoms with van der Waals surface area (Å²) < 4.78 is 26.4. The average molecular weight is 375 g/mol. The predicted molar refractivity (Wildman–Crippen MR) is 96.8 cm³/mol. The molecule has 0 spiro atoms. The van der Waals surface area contributed by atoms with Gasteiger partial charge in [-0.2, -0.15) is 0 Å². The first-order valence-electron chi connectivity index (χ1n) is 8.58. The van der Waals surface area contributed by atoms with Gasteiger partial charge in [0.15, 0.2) is 11.6 Å². The van der Waals surface area contributed by atoms with Crippen molar-refractivity contribution in [3.05, 3.63) is 69.3 Å². The molecular weight excluding hydrogens is 356 g/mol. The standard InChI is InChI=1S/C19H19F2N3O3/c1-12-8-14(2-5-18(12)24(26)27)19(25)22-10-13-6-7-23(11-13)15-3-4-16(20)17(21)9-15/h2-5,8-9,13H,6-7,10-11H2,1H3,(H,22,25). The van der Waals surface area contributed by atoms with Crippen LogP contribution in [0, 0.1) is 34.6 Å². The van der Waals surface area contributed by atoms with Crippen molar-refractivity contribution in [2.24, 2.45) is 5.92 Å². The molecule has 27 heavy (non-hydrogen) atoms. The molecule has 8 heteroatoms. The second-order valence-electron chi connectivity index (χ2n) is 6.67. The molecule has 3 rings (SSSR count). The van der Waals surface area contributed by atoms with E-state index in [-0.39, 0.29) is 17.5 Å². The fourth-order valence-corrected chi connectivity index (χ4v) is 3.26. The van der Waals surface area contributed by atoms with E-state index in [1.165, 1.54) is 24.3 Å². The van der Waals surface area contributed by atoms with Gasteiger partial charge in [0.2, 0.25) is 0 Å². The van der Waals surface area contributed by atoms with Crippen LogP contribution in [0.2, 0.25) is 0 Å². The number of nitrogens with one attached hydrogen (secondary N) is 1. The van der Waals surface area contributed by atoms with E-state index in [1.54, 1.807) is 13.0 Å².